The number of H-pyrrole nitrogens is 1. The lowest BCUT2D eigenvalue weighted by Crippen LogP contribution is -1.80. The molecule has 0 saturated carbocycles. The Morgan fingerprint density at radius 3 is 2.56 bits per heavy atom. The van der Waals surface area contributed by atoms with Gasteiger partial charge in [-0.15, -0.1) is 0 Å². The van der Waals surface area contributed by atoms with Crippen molar-refractivity contribution < 1.29 is 0 Å². The van der Waals surface area contributed by atoms with Crippen LogP contribution in [0.25, 0.3) is 0 Å². The summed E-state index contributed by atoms with van der Waals surface area (Å²) in [5, 5.41) is 0. The molecule has 0 radical (unpaired) electrons. The normalized spacial score (nSPS) is 8.67. The molecular formula is C6H14N2Si. The lowest BCUT2D eigenvalue weighted by Gasteiger charge is -1.80. The van der Waals surface area contributed by atoms with Gasteiger partial charge in [-0.25, -0.2) is 4.98 Å². The van der Waals surface area contributed by atoms with Crippen LogP contribution < -0.4 is 0 Å². The summed E-state index contributed by atoms with van der Waals surface area (Å²) in [5.41, 5.74) is 1.07. The Morgan fingerprint density at radius 1 is 1.67 bits per heavy atom. The average molecular weight is 142 g/mol. The van der Waals surface area contributed by atoms with E-state index >= 15 is 0 Å². The SMILES string of the molecule is CCc1nc(C)c[nH]1.[SiH4]. The minimum atomic E-state index is 0. The van der Waals surface area contributed by atoms with Gasteiger partial charge in [0.15, 0.2) is 0 Å². The molecule has 1 heterocycles. The van der Waals surface area contributed by atoms with Crippen molar-refractivity contribution in [2.45, 2.75) is 20.3 Å². The molecule has 0 saturated heterocycles. The van der Waals surface area contributed by atoms with Gasteiger partial charge in [0.1, 0.15) is 5.82 Å². The summed E-state index contributed by atoms with van der Waals surface area (Å²) >= 11 is 0. The molecule has 0 bridgehead atoms. The van der Waals surface area contributed by atoms with Crippen molar-refractivity contribution >= 4 is 11.0 Å². The number of rotatable bonds is 1. The van der Waals surface area contributed by atoms with Gasteiger partial charge in [0.25, 0.3) is 0 Å². The summed E-state index contributed by atoms with van der Waals surface area (Å²) in [6, 6.07) is 0. The molecule has 9 heavy (non-hydrogen) atoms. The molecule has 1 aromatic heterocycles. The van der Waals surface area contributed by atoms with Crippen LogP contribution in [-0.4, -0.2) is 20.9 Å². The van der Waals surface area contributed by atoms with Crippen molar-refractivity contribution in [1.29, 1.82) is 0 Å². The second-order valence-electron chi connectivity index (χ2n) is 1.84. The molecule has 0 unspecified atom stereocenters. The van der Waals surface area contributed by atoms with Crippen LogP contribution in [0.3, 0.4) is 0 Å². The third-order valence-electron chi connectivity index (χ3n) is 1.09. The standard InChI is InChI=1S/C6H10N2.H4Si/c1-3-6-7-4-5(2)8-6;/h4H,3H2,1-2H3,(H,7,8);1H4. The van der Waals surface area contributed by atoms with Crippen molar-refractivity contribution in [3.05, 3.63) is 17.7 Å². The first-order chi connectivity index (χ1) is 3.83. The molecule has 1 rings (SSSR count). The number of aryl methyl sites for hydroxylation is 2. The number of aromatic amines is 1. The van der Waals surface area contributed by atoms with E-state index in [1.807, 2.05) is 13.1 Å². The van der Waals surface area contributed by atoms with Gasteiger partial charge in [0.2, 0.25) is 0 Å². The minimum Gasteiger partial charge on any atom is -0.348 e. The Kier molecular flexibility index (Phi) is 3.23. The summed E-state index contributed by atoms with van der Waals surface area (Å²) in [4.78, 5) is 7.22. The van der Waals surface area contributed by atoms with Crippen molar-refractivity contribution in [2.24, 2.45) is 0 Å². The molecule has 0 fully saturated rings. The molecule has 2 nitrogen and oxygen atoms in total. The fourth-order valence-corrected chi connectivity index (χ4v) is 0.646. The molecule has 3 heteroatoms. The maximum atomic E-state index is 4.17. The fourth-order valence-electron chi connectivity index (χ4n) is 0.646. The second-order valence-corrected chi connectivity index (χ2v) is 1.84. The van der Waals surface area contributed by atoms with E-state index in [2.05, 4.69) is 16.9 Å². The van der Waals surface area contributed by atoms with Crippen LogP contribution in [0.15, 0.2) is 6.20 Å². The summed E-state index contributed by atoms with van der Waals surface area (Å²) in [7, 11) is 0. The van der Waals surface area contributed by atoms with Crippen LogP contribution in [0, 0.1) is 6.92 Å². The van der Waals surface area contributed by atoms with Crippen molar-refractivity contribution in [2.75, 3.05) is 0 Å². The van der Waals surface area contributed by atoms with E-state index in [9.17, 15) is 0 Å². The lowest BCUT2D eigenvalue weighted by atomic mass is 10.5. The molecule has 0 atom stereocenters. The topological polar surface area (TPSA) is 28.7 Å². The molecule has 52 valence electrons. The number of hydrogen-bond donors (Lipinski definition) is 1. The largest absolute Gasteiger partial charge is 0.348 e. The highest BCUT2D eigenvalue weighted by molar-refractivity contribution is 5.75. The highest BCUT2D eigenvalue weighted by Gasteiger charge is 1.89. The molecule has 0 aliphatic carbocycles. The molecule has 1 N–H and O–H groups in total. The third-order valence-corrected chi connectivity index (χ3v) is 1.09. The van der Waals surface area contributed by atoms with E-state index < -0.39 is 0 Å². The van der Waals surface area contributed by atoms with Crippen molar-refractivity contribution in [3.8, 4) is 0 Å². The van der Waals surface area contributed by atoms with E-state index in [0.717, 1.165) is 17.9 Å². The number of aromatic nitrogens is 2. The Morgan fingerprint density at radius 2 is 2.33 bits per heavy atom. The van der Waals surface area contributed by atoms with Crippen LogP contribution in [-0.2, 0) is 6.42 Å². The predicted octanol–water partition coefficient (Wildman–Crippen LogP) is -0.171. The molecule has 0 spiro atoms. The molecule has 0 aliphatic heterocycles. The highest BCUT2D eigenvalue weighted by Crippen LogP contribution is 1.93. The smallest absolute Gasteiger partial charge is 0.106 e. The maximum Gasteiger partial charge on any atom is 0.106 e. The van der Waals surface area contributed by atoms with Gasteiger partial charge in [-0.2, -0.15) is 0 Å². The summed E-state index contributed by atoms with van der Waals surface area (Å²) < 4.78 is 0. The van der Waals surface area contributed by atoms with Gasteiger partial charge in [-0.3, -0.25) is 0 Å². The second kappa shape index (κ2) is 3.45. The predicted molar refractivity (Wildman–Crippen MR) is 44.0 cm³/mol. The van der Waals surface area contributed by atoms with E-state index in [4.69, 9.17) is 0 Å². The zero-order valence-electron chi connectivity index (χ0n) is 5.23. The van der Waals surface area contributed by atoms with Gasteiger partial charge in [-0.1, -0.05) is 6.92 Å². The van der Waals surface area contributed by atoms with Crippen molar-refractivity contribution in [1.82, 2.24) is 9.97 Å². The van der Waals surface area contributed by atoms with E-state index in [1.54, 1.807) is 0 Å². The summed E-state index contributed by atoms with van der Waals surface area (Å²) in [6.45, 7) is 4.06. The number of nitrogens with zero attached hydrogens (tertiary/aromatic N) is 1. The maximum absolute atomic E-state index is 4.17. The minimum absolute atomic E-state index is 0. The van der Waals surface area contributed by atoms with Crippen LogP contribution in [0.4, 0.5) is 0 Å². The molecule has 0 aliphatic rings. The summed E-state index contributed by atoms with van der Waals surface area (Å²) in [5.74, 6) is 1.07. The van der Waals surface area contributed by atoms with Gasteiger partial charge in [-0.05, 0) is 17.9 Å². The fraction of sp³-hybridized carbons (Fsp3) is 0.500. The average Bonchev–Trinajstić information content (AvgIpc) is 2.14. The van der Waals surface area contributed by atoms with Gasteiger partial charge < -0.3 is 4.98 Å². The van der Waals surface area contributed by atoms with E-state index in [1.165, 1.54) is 0 Å². The molecular weight excluding hydrogens is 128 g/mol. The summed E-state index contributed by atoms with van der Waals surface area (Å²) in [6.07, 6.45) is 2.91. The van der Waals surface area contributed by atoms with Gasteiger partial charge >= 0.3 is 0 Å². The van der Waals surface area contributed by atoms with Gasteiger partial charge in [0, 0.05) is 12.6 Å². The van der Waals surface area contributed by atoms with Crippen molar-refractivity contribution in [3.63, 3.8) is 0 Å². The van der Waals surface area contributed by atoms with Gasteiger partial charge in [0.05, 0.1) is 5.69 Å². The lowest BCUT2D eigenvalue weighted by molar-refractivity contribution is 0.982. The Bertz CT molecular complexity index is 171. The number of hydrogen-bond acceptors (Lipinski definition) is 1. The van der Waals surface area contributed by atoms with E-state index in [-0.39, 0.29) is 11.0 Å². The first-order valence-corrected chi connectivity index (χ1v) is 2.84. The Balaban J connectivity index is 0.000000640. The first kappa shape index (κ1) is 8.43. The first-order valence-electron chi connectivity index (χ1n) is 2.84. The molecule has 0 aromatic carbocycles. The van der Waals surface area contributed by atoms with E-state index in [0.29, 0.717) is 0 Å². The monoisotopic (exact) mass is 142 g/mol. The highest BCUT2D eigenvalue weighted by atomic mass is 28.1. The zero-order chi connectivity index (χ0) is 5.98. The molecule has 0 amide bonds. The quantitative estimate of drug-likeness (QED) is 0.542. The van der Waals surface area contributed by atoms with Crippen LogP contribution >= 0.6 is 0 Å². The molecule has 1 aromatic rings. The number of imidazole rings is 1. The Labute approximate surface area is 59.7 Å². The zero-order valence-corrected chi connectivity index (χ0v) is 5.23. The van der Waals surface area contributed by atoms with Crippen LogP contribution in [0.2, 0.25) is 0 Å². The van der Waals surface area contributed by atoms with Crippen LogP contribution in [0.5, 0.6) is 0 Å². The number of nitrogens with one attached hydrogen (secondary N) is 1. The third kappa shape index (κ3) is 2.01. The van der Waals surface area contributed by atoms with Crippen LogP contribution in [0.1, 0.15) is 18.4 Å². The Hall–Kier alpha value is -0.573.